The molecule has 1 N–H and O–H groups in total. The summed E-state index contributed by atoms with van der Waals surface area (Å²) < 4.78 is 6.98. The Kier molecular flexibility index (Phi) is 6.77. The number of phenolic OH excluding ortho intramolecular Hbond substituents is 1. The van der Waals surface area contributed by atoms with Crippen molar-refractivity contribution in [3.8, 4) is 17.1 Å². The van der Waals surface area contributed by atoms with Crippen molar-refractivity contribution in [3.63, 3.8) is 0 Å². The molecule has 2 heterocycles. The molecule has 7 nitrogen and oxygen atoms in total. The number of phenols is 1. The van der Waals surface area contributed by atoms with E-state index in [1.165, 1.54) is 0 Å². The second-order valence-corrected chi connectivity index (χ2v) is 8.71. The summed E-state index contributed by atoms with van der Waals surface area (Å²) in [6, 6.07) is 16.8. The lowest BCUT2D eigenvalue weighted by atomic mass is 10.1. The fourth-order valence-corrected chi connectivity index (χ4v) is 3.96. The van der Waals surface area contributed by atoms with E-state index in [2.05, 4.69) is 0 Å². The molecule has 3 aromatic rings. The molecule has 0 atom stereocenters. The lowest BCUT2D eigenvalue weighted by molar-refractivity contribution is 0.0874. The number of rotatable bonds is 6. The van der Waals surface area contributed by atoms with E-state index in [-0.39, 0.29) is 23.8 Å². The van der Waals surface area contributed by atoms with E-state index >= 15 is 0 Å². The van der Waals surface area contributed by atoms with Gasteiger partial charge in [-0.25, -0.2) is 9.78 Å². The maximum Gasteiger partial charge on any atom is 0.410 e. The number of carbonyl (C=O) groups excluding carboxylic acids is 1. The first-order valence-electron chi connectivity index (χ1n) is 11.3. The third kappa shape index (κ3) is 5.08. The van der Waals surface area contributed by atoms with Gasteiger partial charge in [0.1, 0.15) is 11.6 Å². The van der Waals surface area contributed by atoms with E-state index in [0.717, 1.165) is 5.56 Å². The summed E-state index contributed by atoms with van der Waals surface area (Å²) in [6.07, 6.45) is 0.693. The Morgan fingerprint density at radius 2 is 1.85 bits per heavy atom. The van der Waals surface area contributed by atoms with E-state index in [1.807, 2.05) is 50.2 Å². The van der Waals surface area contributed by atoms with Crippen molar-refractivity contribution in [3.05, 3.63) is 81.8 Å². The zero-order chi connectivity index (χ0) is 23.4. The van der Waals surface area contributed by atoms with E-state index in [4.69, 9.17) is 9.72 Å². The second-order valence-electron chi connectivity index (χ2n) is 8.71. The van der Waals surface area contributed by atoms with Crippen LogP contribution in [-0.2, 0) is 30.7 Å². The maximum absolute atomic E-state index is 13.6. The zero-order valence-electron chi connectivity index (χ0n) is 19.0. The first-order valence-corrected chi connectivity index (χ1v) is 11.3. The molecule has 1 aliphatic rings. The van der Waals surface area contributed by atoms with Crippen LogP contribution in [0.15, 0.2) is 59.4 Å². The summed E-state index contributed by atoms with van der Waals surface area (Å²) in [6.45, 7) is 5.32. The van der Waals surface area contributed by atoms with Crippen LogP contribution in [-0.4, -0.2) is 38.8 Å². The number of hydrogen-bond donors (Lipinski definition) is 1. The number of ether oxygens (including phenoxy) is 1. The SMILES string of the molecule is CC(C)COC(=O)N1CCc2nc(-c3ccccc3O)n(CCc3ccccc3)c(=O)c2C1. The highest BCUT2D eigenvalue weighted by Crippen LogP contribution is 2.28. The van der Waals surface area contributed by atoms with E-state index < -0.39 is 6.09 Å². The number of fused-ring (bicyclic) bond motifs is 1. The Morgan fingerprint density at radius 1 is 1.12 bits per heavy atom. The van der Waals surface area contributed by atoms with E-state index in [0.29, 0.717) is 55.2 Å². The molecule has 7 heteroatoms. The number of aryl methyl sites for hydroxylation is 1. The van der Waals surface area contributed by atoms with Crippen LogP contribution in [0.3, 0.4) is 0 Å². The number of para-hydroxylation sites is 1. The third-order valence-corrected chi connectivity index (χ3v) is 5.73. The summed E-state index contributed by atoms with van der Waals surface area (Å²) >= 11 is 0. The van der Waals surface area contributed by atoms with Gasteiger partial charge in [-0.05, 0) is 30.0 Å². The van der Waals surface area contributed by atoms with Gasteiger partial charge in [0.05, 0.1) is 30.0 Å². The molecule has 0 bridgehead atoms. The van der Waals surface area contributed by atoms with Crippen molar-refractivity contribution >= 4 is 6.09 Å². The van der Waals surface area contributed by atoms with Gasteiger partial charge in [-0.1, -0.05) is 56.3 Å². The topological polar surface area (TPSA) is 84.7 Å². The molecule has 0 saturated carbocycles. The van der Waals surface area contributed by atoms with E-state index in [9.17, 15) is 14.7 Å². The van der Waals surface area contributed by atoms with Crippen LogP contribution >= 0.6 is 0 Å². The molecule has 172 valence electrons. The van der Waals surface area contributed by atoms with Crippen molar-refractivity contribution in [2.45, 2.75) is 39.8 Å². The molecule has 1 aromatic heterocycles. The predicted molar refractivity (Wildman–Crippen MR) is 126 cm³/mol. The van der Waals surface area contributed by atoms with Gasteiger partial charge in [0.25, 0.3) is 5.56 Å². The van der Waals surface area contributed by atoms with Gasteiger partial charge in [0.15, 0.2) is 0 Å². The highest BCUT2D eigenvalue weighted by atomic mass is 16.6. The molecule has 2 aromatic carbocycles. The number of aromatic nitrogens is 2. The van der Waals surface area contributed by atoms with Crippen LogP contribution in [0.4, 0.5) is 4.79 Å². The first kappa shape index (κ1) is 22.6. The van der Waals surface area contributed by atoms with Crippen LogP contribution in [0.2, 0.25) is 0 Å². The standard InChI is InChI=1S/C26H29N3O4/c1-18(2)17-33-26(32)28-14-13-22-21(16-28)25(31)29(15-12-19-8-4-3-5-9-19)24(27-22)20-10-6-7-11-23(20)30/h3-11,18,30H,12-17H2,1-2H3. The smallest absolute Gasteiger partial charge is 0.410 e. The number of hydrogen-bond acceptors (Lipinski definition) is 5. The fraction of sp³-hybridized carbons (Fsp3) is 0.346. The molecule has 0 aliphatic carbocycles. The van der Waals surface area contributed by atoms with Gasteiger partial charge in [-0.15, -0.1) is 0 Å². The summed E-state index contributed by atoms with van der Waals surface area (Å²) in [4.78, 5) is 32.5. The Labute approximate surface area is 193 Å². The minimum Gasteiger partial charge on any atom is -0.507 e. The first-order chi connectivity index (χ1) is 15.9. The summed E-state index contributed by atoms with van der Waals surface area (Å²) in [5, 5.41) is 10.5. The highest BCUT2D eigenvalue weighted by Gasteiger charge is 2.28. The Morgan fingerprint density at radius 3 is 2.58 bits per heavy atom. The molecule has 0 unspecified atom stereocenters. The van der Waals surface area contributed by atoms with Crippen molar-refractivity contribution < 1.29 is 14.6 Å². The lowest BCUT2D eigenvalue weighted by Gasteiger charge is -2.28. The molecule has 33 heavy (non-hydrogen) atoms. The van der Waals surface area contributed by atoms with E-state index in [1.54, 1.807) is 27.7 Å². The Hall–Kier alpha value is -3.61. The molecule has 0 spiro atoms. The minimum absolute atomic E-state index is 0.0764. The molecule has 0 radical (unpaired) electrons. The Bertz CT molecular complexity index is 1190. The molecule has 4 rings (SSSR count). The largest absolute Gasteiger partial charge is 0.507 e. The molecule has 0 saturated heterocycles. The van der Waals surface area contributed by atoms with Crippen LogP contribution in [0, 0.1) is 5.92 Å². The van der Waals surface area contributed by atoms with Crippen molar-refractivity contribution in [1.29, 1.82) is 0 Å². The average molecular weight is 448 g/mol. The number of nitrogens with zero attached hydrogens (tertiary/aromatic N) is 3. The van der Waals surface area contributed by atoms with Gasteiger partial charge in [0.2, 0.25) is 0 Å². The van der Waals surface area contributed by atoms with Crippen molar-refractivity contribution in [2.24, 2.45) is 5.92 Å². The van der Waals surface area contributed by atoms with Crippen molar-refractivity contribution in [2.75, 3.05) is 13.2 Å². The lowest BCUT2D eigenvalue weighted by Crippen LogP contribution is -2.42. The van der Waals surface area contributed by atoms with Gasteiger partial charge in [-0.3, -0.25) is 9.36 Å². The maximum atomic E-state index is 13.6. The number of aromatic hydroxyl groups is 1. The number of carbonyl (C=O) groups is 1. The minimum atomic E-state index is -0.408. The summed E-state index contributed by atoms with van der Waals surface area (Å²) in [5.74, 6) is 0.764. The average Bonchev–Trinajstić information content (AvgIpc) is 2.82. The van der Waals surface area contributed by atoms with Crippen LogP contribution < -0.4 is 5.56 Å². The third-order valence-electron chi connectivity index (χ3n) is 5.73. The number of benzene rings is 2. The molecular weight excluding hydrogens is 418 g/mol. The highest BCUT2D eigenvalue weighted by molar-refractivity contribution is 5.68. The zero-order valence-corrected chi connectivity index (χ0v) is 19.0. The second kappa shape index (κ2) is 9.90. The number of amides is 1. The van der Waals surface area contributed by atoms with Gasteiger partial charge >= 0.3 is 6.09 Å². The quantitative estimate of drug-likeness (QED) is 0.617. The molecular formula is C26H29N3O4. The summed E-state index contributed by atoms with van der Waals surface area (Å²) in [5.41, 5.74) is 2.61. The Balaban J connectivity index is 1.70. The molecule has 0 fully saturated rings. The monoisotopic (exact) mass is 447 g/mol. The van der Waals surface area contributed by atoms with Gasteiger partial charge < -0.3 is 14.7 Å². The predicted octanol–water partition coefficient (Wildman–Crippen LogP) is 4.01. The van der Waals surface area contributed by atoms with Gasteiger partial charge in [-0.2, -0.15) is 0 Å². The summed E-state index contributed by atoms with van der Waals surface area (Å²) in [7, 11) is 0. The van der Waals surface area contributed by atoms with Crippen LogP contribution in [0.25, 0.3) is 11.4 Å². The molecule has 1 aliphatic heterocycles. The van der Waals surface area contributed by atoms with Crippen molar-refractivity contribution in [1.82, 2.24) is 14.5 Å². The molecule has 1 amide bonds. The normalized spacial score (nSPS) is 13.1. The fourth-order valence-electron chi connectivity index (χ4n) is 3.96. The van der Waals surface area contributed by atoms with Crippen LogP contribution in [0.5, 0.6) is 5.75 Å². The van der Waals surface area contributed by atoms with Gasteiger partial charge in [0, 0.05) is 19.5 Å². The van der Waals surface area contributed by atoms with Crippen LogP contribution in [0.1, 0.15) is 30.7 Å².